The zero-order valence-corrected chi connectivity index (χ0v) is 5.88. The normalized spacial score (nSPS) is 11.2. The van der Waals surface area contributed by atoms with E-state index in [2.05, 4.69) is 20.4 Å². The van der Waals surface area contributed by atoms with Crippen LogP contribution in [0.3, 0.4) is 0 Å². The molecule has 0 saturated heterocycles. The minimum absolute atomic E-state index is 0.0556. The second-order valence-corrected chi connectivity index (χ2v) is 1.76. The van der Waals surface area contributed by atoms with Gasteiger partial charge in [-0.05, 0) is 5.21 Å². The molecule has 0 aliphatic rings. The first kappa shape index (κ1) is 8.05. The lowest BCUT2D eigenvalue weighted by molar-refractivity contribution is -0.130. The molecule has 0 atom stereocenters. The van der Waals surface area contributed by atoms with Crippen LogP contribution in [0.25, 0.3) is 5.57 Å². The van der Waals surface area contributed by atoms with E-state index in [-0.39, 0.29) is 11.4 Å². The largest absolute Gasteiger partial charge is 0.477 e. The Balaban J connectivity index is 3.05. The number of hydrogen-bond acceptors (Lipinski definition) is 6. The number of carbonyl (C=O) groups is 1. The molecule has 1 aromatic rings. The summed E-state index contributed by atoms with van der Waals surface area (Å²) in [7, 11) is 0. The molecule has 1 rings (SSSR count). The fourth-order valence-electron chi connectivity index (χ4n) is 0.562. The third-order valence-electron chi connectivity index (χ3n) is 1.06. The average Bonchev–Trinajstić information content (AvgIpc) is 2.07. The second kappa shape index (κ2) is 3.37. The van der Waals surface area contributed by atoms with Gasteiger partial charge in [-0.25, -0.2) is 9.78 Å². The third-order valence-corrected chi connectivity index (χ3v) is 1.06. The van der Waals surface area contributed by atoms with Crippen molar-refractivity contribution in [1.82, 2.24) is 20.4 Å². The number of aromatic nitrogens is 4. The van der Waals surface area contributed by atoms with Gasteiger partial charge in [-0.2, -0.15) is 0 Å². The predicted molar refractivity (Wildman–Crippen MR) is 37.4 cm³/mol. The van der Waals surface area contributed by atoms with Crippen molar-refractivity contribution in [3.8, 4) is 0 Å². The number of carboxylic acids is 1. The summed E-state index contributed by atoms with van der Waals surface area (Å²) >= 11 is 0. The summed E-state index contributed by atoms with van der Waals surface area (Å²) in [6.45, 7) is 0. The van der Waals surface area contributed by atoms with Crippen molar-refractivity contribution in [2.24, 2.45) is 5.73 Å². The molecule has 12 heavy (non-hydrogen) atoms. The Hall–Kier alpha value is -2.05. The summed E-state index contributed by atoms with van der Waals surface area (Å²) in [5.41, 5.74) is 4.83. The first-order valence-corrected chi connectivity index (χ1v) is 2.91. The molecule has 0 bridgehead atoms. The lowest BCUT2D eigenvalue weighted by Crippen LogP contribution is -2.07. The lowest BCUT2D eigenvalue weighted by atomic mass is 10.3. The highest BCUT2D eigenvalue weighted by Crippen LogP contribution is 2.03. The van der Waals surface area contributed by atoms with Crippen LogP contribution in [0.15, 0.2) is 12.5 Å². The van der Waals surface area contributed by atoms with Gasteiger partial charge in [0.25, 0.3) is 0 Å². The SMILES string of the molecule is NC=C(C(=O)O)c1ncnnn1. The molecule has 1 aromatic heterocycles. The van der Waals surface area contributed by atoms with Crippen LogP contribution >= 0.6 is 0 Å². The summed E-state index contributed by atoms with van der Waals surface area (Å²) in [6, 6.07) is 0. The smallest absolute Gasteiger partial charge is 0.341 e. The van der Waals surface area contributed by atoms with Crippen LogP contribution in [0.4, 0.5) is 0 Å². The van der Waals surface area contributed by atoms with E-state index in [0.717, 1.165) is 12.5 Å². The van der Waals surface area contributed by atoms with E-state index in [1.807, 2.05) is 0 Å². The van der Waals surface area contributed by atoms with Crippen LogP contribution in [-0.4, -0.2) is 31.5 Å². The number of rotatable bonds is 2. The van der Waals surface area contributed by atoms with Gasteiger partial charge in [0.15, 0.2) is 5.82 Å². The molecule has 0 amide bonds. The fourth-order valence-corrected chi connectivity index (χ4v) is 0.562. The van der Waals surface area contributed by atoms with Gasteiger partial charge in [0.2, 0.25) is 0 Å². The second-order valence-electron chi connectivity index (χ2n) is 1.76. The molecule has 3 N–H and O–H groups in total. The van der Waals surface area contributed by atoms with Gasteiger partial charge in [-0.3, -0.25) is 0 Å². The fraction of sp³-hybridized carbons (Fsp3) is 0. The van der Waals surface area contributed by atoms with E-state index >= 15 is 0 Å². The Kier molecular flexibility index (Phi) is 2.26. The summed E-state index contributed by atoms with van der Waals surface area (Å²) < 4.78 is 0. The Morgan fingerprint density at radius 2 is 2.42 bits per heavy atom. The van der Waals surface area contributed by atoms with E-state index in [9.17, 15) is 4.79 Å². The van der Waals surface area contributed by atoms with Gasteiger partial charge >= 0.3 is 5.97 Å². The number of nitrogens with two attached hydrogens (primary N) is 1. The van der Waals surface area contributed by atoms with Crippen LogP contribution in [0.1, 0.15) is 5.82 Å². The van der Waals surface area contributed by atoms with E-state index in [4.69, 9.17) is 10.8 Å². The van der Waals surface area contributed by atoms with E-state index in [0.29, 0.717) is 0 Å². The summed E-state index contributed by atoms with van der Waals surface area (Å²) in [4.78, 5) is 14.0. The Bertz CT molecular complexity index is 309. The van der Waals surface area contributed by atoms with Gasteiger partial charge < -0.3 is 10.8 Å². The highest BCUT2D eigenvalue weighted by molar-refractivity contribution is 6.13. The minimum Gasteiger partial charge on any atom is -0.477 e. The average molecular weight is 167 g/mol. The van der Waals surface area contributed by atoms with Crippen molar-refractivity contribution in [3.63, 3.8) is 0 Å². The van der Waals surface area contributed by atoms with E-state index in [1.54, 1.807) is 0 Å². The number of nitrogens with zero attached hydrogens (tertiary/aromatic N) is 4. The van der Waals surface area contributed by atoms with Gasteiger partial charge in [0, 0.05) is 6.20 Å². The Labute approximate surface area is 66.9 Å². The molecule has 0 fully saturated rings. The predicted octanol–water partition coefficient (Wildman–Crippen LogP) is -1.35. The van der Waals surface area contributed by atoms with Crippen LogP contribution in [-0.2, 0) is 4.79 Å². The minimum atomic E-state index is -1.20. The number of hydrogen-bond donors (Lipinski definition) is 2. The maximum atomic E-state index is 10.5. The van der Waals surface area contributed by atoms with Crippen LogP contribution in [0, 0.1) is 0 Å². The topological polar surface area (TPSA) is 115 Å². The van der Waals surface area contributed by atoms with Gasteiger partial charge in [-0.1, -0.05) is 0 Å². The van der Waals surface area contributed by atoms with Crippen molar-refractivity contribution in [2.45, 2.75) is 0 Å². The molecule has 0 unspecified atom stereocenters. The van der Waals surface area contributed by atoms with E-state index in [1.165, 1.54) is 0 Å². The van der Waals surface area contributed by atoms with Crippen molar-refractivity contribution in [1.29, 1.82) is 0 Å². The molecule has 0 saturated carbocycles. The maximum absolute atomic E-state index is 10.5. The first-order valence-electron chi connectivity index (χ1n) is 2.91. The number of aliphatic carboxylic acids is 1. The third kappa shape index (κ3) is 1.51. The lowest BCUT2D eigenvalue weighted by Gasteiger charge is -1.95. The molecule has 7 nitrogen and oxygen atoms in total. The van der Waals surface area contributed by atoms with Crippen molar-refractivity contribution in [2.75, 3.05) is 0 Å². The standard InChI is InChI=1S/C5H5N5O2/c6-1-3(5(11)12)4-7-2-8-10-9-4/h1-2H,6H2,(H,11,12). The zero-order chi connectivity index (χ0) is 8.97. The zero-order valence-electron chi connectivity index (χ0n) is 5.88. The maximum Gasteiger partial charge on any atom is 0.341 e. The Morgan fingerprint density at radius 3 is 2.83 bits per heavy atom. The summed E-state index contributed by atoms with van der Waals surface area (Å²) in [5, 5.41) is 18.4. The van der Waals surface area contributed by atoms with Crippen molar-refractivity contribution < 1.29 is 9.90 Å². The molecule has 0 aliphatic heterocycles. The molecular formula is C5H5N5O2. The van der Waals surface area contributed by atoms with Crippen molar-refractivity contribution in [3.05, 3.63) is 18.4 Å². The highest BCUT2D eigenvalue weighted by atomic mass is 16.4. The molecular weight excluding hydrogens is 162 g/mol. The molecule has 62 valence electrons. The molecule has 0 aromatic carbocycles. The van der Waals surface area contributed by atoms with Crippen molar-refractivity contribution >= 4 is 11.5 Å². The number of carboxylic acid groups (broad SMARTS) is 1. The van der Waals surface area contributed by atoms with Gasteiger partial charge in [-0.15, -0.1) is 10.2 Å². The van der Waals surface area contributed by atoms with Crippen LogP contribution in [0.5, 0.6) is 0 Å². The van der Waals surface area contributed by atoms with Crippen LogP contribution < -0.4 is 5.73 Å². The first-order chi connectivity index (χ1) is 5.75. The molecule has 0 aliphatic carbocycles. The molecule has 1 heterocycles. The quantitative estimate of drug-likeness (QED) is 0.523. The highest BCUT2D eigenvalue weighted by Gasteiger charge is 2.12. The molecule has 0 spiro atoms. The Morgan fingerprint density at radius 1 is 1.67 bits per heavy atom. The molecule has 7 heteroatoms. The van der Waals surface area contributed by atoms with Crippen LogP contribution in [0.2, 0.25) is 0 Å². The van der Waals surface area contributed by atoms with E-state index < -0.39 is 5.97 Å². The summed E-state index contributed by atoms with van der Waals surface area (Å²) in [5.74, 6) is -1.26. The van der Waals surface area contributed by atoms with Gasteiger partial charge in [0.1, 0.15) is 11.9 Å². The molecule has 0 radical (unpaired) electrons. The monoisotopic (exact) mass is 167 g/mol. The van der Waals surface area contributed by atoms with Gasteiger partial charge in [0.05, 0.1) is 0 Å². The summed E-state index contributed by atoms with van der Waals surface area (Å²) in [6.07, 6.45) is 1.99.